The molecule has 0 saturated carbocycles. The normalized spacial score (nSPS) is 11.0. The Bertz CT molecular complexity index is 880. The third kappa shape index (κ3) is 3.48. The lowest BCUT2D eigenvalue weighted by Crippen LogP contribution is -2.16. The fourth-order valence-electron chi connectivity index (χ4n) is 2.14. The van der Waals surface area contributed by atoms with Crippen LogP contribution in [-0.4, -0.2) is 28.6 Å². The van der Waals surface area contributed by atoms with E-state index in [-0.39, 0.29) is 21.9 Å². The molecule has 128 valence electrons. The molecular weight excluding hydrogens is 337 g/mol. The number of sulfonamides is 1. The van der Waals surface area contributed by atoms with Gasteiger partial charge in [-0.05, 0) is 42.8 Å². The molecule has 0 fully saturated rings. The van der Waals surface area contributed by atoms with Gasteiger partial charge in [0.15, 0.2) is 0 Å². The van der Waals surface area contributed by atoms with E-state index in [1.807, 2.05) is 0 Å². The second-order valence-corrected chi connectivity index (χ2v) is 6.52. The van der Waals surface area contributed by atoms with E-state index in [2.05, 4.69) is 9.46 Å². The van der Waals surface area contributed by atoms with Gasteiger partial charge < -0.3 is 9.47 Å². The smallest absolute Gasteiger partial charge is 0.338 e. The molecule has 0 spiro atoms. The molecule has 2 rings (SSSR count). The van der Waals surface area contributed by atoms with Crippen LogP contribution in [-0.2, 0) is 14.8 Å². The number of hydrogen-bond acceptors (Lipinski definition) is 5. The number of benzene rings is 2. The Morgan fingerprint density at radius 1 is 1.17 bits per heavy atom. The number of halogens is 1. The lowest BCUT2D eigenvalue weighted by Gasteiger charge is -2.14. The second kappa shape index (κ2) is 6.88. The van der Waals surface area contributed by atoms with Gasteiger partial charge in [-0.3, -0.25) is 4.72 Å². The van der Waals surface area contributed by atoms with E-state index in [1.165, 1.54) is 38.5 Å². The van der Waals surface area contributed by atoms with Crippen LogP contribution in [0.5, 0.6) is 5.75 Å². The standard InChI is InChI=1S/C16H16FNO5S/c1-10-12(16(19)23-3)5-4-6-13(10)18-24(20,21)15-9-11(17)7-8-14(15)22-2/h4-9,18H,1-3H3. The average molecular weight is 353 g/mol. The molecule has 0 amide bonds. The predicted molar refractivity (Wildman–Crippen MR) is 86.3 cm³/mol. The van der Waals surface area contributed by atoms with Crippen molar-refractivity contribution in [2.24, 2.45) is 0 Å². The highest BCUT2D eigenvalue weighted by Crippen LogP contribution is 2.28. The Hall–Kier alpha value is -2.61. The Labute approximate surface area is 139 Å². The highest BCUT2D eigenvalue weighted by molar-refractivity contribution is 7.92. The molecule has 0 radical (unpaired) electrons. The summed E-state index contributed by atoms with van der Waals surface area (Å²) in [6, 6.07) is 7.70. The van der Waals surface area contributed by atoms with Crippen molar-refractivity contribution in [2.45, 2.75) is 11.8 Å². The number of hydrogen-bond donors (Lipinski definition) is 1. The van der Waals surface area contributed by atoms with Crippen LogP contribution < -0.4 is 9.46 Å². The van der Waals surface area contributed by atoms with E-state index in [0.717, 1.165) is 12.1 Å². The first kappa shape index (κ1) is 17.7. The number of rotatable bonds is 5. The summed E-state index contributed by atoms with van der Waals surface area (Å²) in [4.78, 5) is 11.4. The van der Waals surface area contributed by atoms with Crippen molar-refractivity contribution in [3.8, 4) is 5.75 Å². The summed E-state index contributed by atoms with van der Waals surface area (Å²) in [7, 11) is -1.60. The minimum absolute atomic E-state index is 0.00526. The average Bonchev–Trinajstić information content (AvgIpc) is 2.56. The summed E-state index contributed by atoms with van der Waals surface area (Å²) in [5, 5.41) is 0. The molecule has 0 unspecified atom stereocenters. The summed E-state index contributed by atoms with van der Waals surface area (Å²) >= 11 is 0. The minimum atomic E-state index is -4.12. The molecule has 0 heterocycles. The Morgan fingerprint density at radius 3 is 2.50 bits per heavy atom. The number of methoxy groups -OCH3 is 2. The number of carbonyl (C=O) groups excluding carboxylic acids is 1. The number of nitrogens with one attached hydrogen (secondary N) is 1. The summed E-state index contributed by atoms with van der Waals surface area (Å²) < 4.78 is 50.5. The van der Waals surface area contributed by atoms with Crippen molar-refractivity contribution in [1.82, 2.24) is 0 Å². The second-order valence-electron chi connectivity index (χ2n) is 4.87. The number of anilines is 1. The quantitative estimate of drug-likeness (QED) is 0.836. The molecular formula is C16H16FNO5S. The van der Waals surface area contributed by atoms with E-state index in [0.29, 0.717) is 5.56 Å². The van der Waals surface area contributed by atoms with E-state index in [9.17, 15) is 17.6 Å². The van der Waals surface area contributed by atoms with Gasteiger partial charge in [-0.1, -0.05) is 6.07 Å². The van der Waals surface area contributed by atoms with Crippen LogP contribution in [0.4, 0.5) is 10.1 Å². The van der Waals surface area contributed by atoms with E-state index < -0.39 is 21.8 Å². The molecule has 2 aromatic carbocycles. The largest absolute Gasteiger partial charge is 0.495 e. The Balaban J connectivity index is 2.48. The van der Waals surface area contributed by atoms with Gasteiger partial charge in [0.25, 0.3) is 10.0 Å². The Kier molecular flexibility index (Phi) is 5.08. The molecule has 0 aliphatic rings. The predicted octanol–water partition coefficient (Wildman–Crippen LogP) is 2.73. The van der Waals surface area contributed by atoms with Gasteiger partial charge in [0, 0.05) is 0 Å². The monoisotopic (exact) mass is 353 g/mol. The lowest BCUT2D eigenvalue weighted by atomic mass is 10.1. The van der Waals surface area contributed by atoms with Crippen molar-refractivity contribution in [1.29, 1.82) is 0 Å². The summed E-state index contributed by atoms with van der Waals surface area (Å²) in [5.74, 6) is -1.29. The zero-order chi connectivity index (χ0) is 17.9. The minimum Gasteiger partial charge on any atom is -0.495 e. The molecule has 0 saturated heterocycles. The summed E-state index contributed by atoms with van der Waals surface area (Å²) in [6.45, 7) is 1.58. The van der Waals surface area contributed by atoms with E-state index in [1.54, 1.807) is 6.92 Å². The maximum absolute atomic E-state index is 13.4. The van der Waals surface area contributed by atoms with Crippen molar-refractivity contribution in [3.63, 3.8) is 0 Å². The van der Waals surface area contributed by atoms with Crippen LogP contribution >= 0.6 is 0 Å². The third-order valence-electron chi connectivity index (χ3n) is 3.40. The number of ether oxygens (including phenoxy) is 2. The molecule has 0 atom stereocenters. The fraction of sp³-hybridized carbons (Fsp3) is 0.188. The van der Waals surface area contributed by atoms with Gasteiger partial charge in [-0.15, -0.1) is 0 Å². The first-order valence-electron chi connectivity index (χ1n) is 6.84. The van der Waals surface area contributed by atoms with Crippen molar-refractivity contribution >= 4 is 21.7 Å². The molecule has 1 N–H and O–H groups in total. The molecule has 8 heteroatoms. The lowest BCUT2D eigenvalue weighted by molar-refractivity contribution is 0.0600. The highest BCUT2D eigenvalue weighted by atomic mass is 32.2. The molecule has 0 aromatic heterocycles. The van der Waals surface area contributed by atoms with Gasteiger partial charge in [0.05, 0.1) is 25.5 Å². The Morgan fingerprint density at radius 2 is 1.88 bits per heavy atom. The molecule has 0 aliphatic carbocycles. The van der Waals surface area contributed by atoms with Gasteiger partial charge in [-0.2, -0.15) is 0 Å². The number of carbonyl (C=O) groups is 1. The molecule has 0 aliphatic heterocycles. The zero-order valence-electron chi connectivity index (χ0n) is 13.3. The molecule has 6 nitrogen and oxygen atoms in total. The highest BCUT2D eigenvalue weighted by Gasteiger charge is 2.22. The third-order valence-corrected chi connectivity index (χ3v) is 4.79. The summed E-state index contributed by atoms with van der Waals surface area (Å²) in [5.41, 5.74) is 0.802. The van der Waals surface area contributed by atoms with Crippen LogP contribution in [0, 0.1) is 12.7 Å². The van der Waals surface area contributed by atoms with Crippen molar-refractivity contribution in [3.05, 3.63) is 53.3 Å². The summed E-state index contributed by atoms with van der Waals surface area (Å²) in [6.07, 6.45) is 0. The van der Waals surface area contributed by atoms with Crippen molar-refractivity contribution < 1.29 is 27.1 Å². The first-order valence-corrected chi connectivity index (χ1v) is 8.32. The zero-order valence-corrected chi connectivity index (χ0v) is 14.1. The van der Waals surface area contributed by atoms with Crippen LogP contribution in [0.2, 0.25) is 0 Å². The van der Waals surface area contributed by atoms with Crippen LogP contribution in [0.3, 0.4) is 0 Å². The van der Waals surface area contributed by atoms with Gasteiger partial charge in [0.2, 0.25) is 0 Å². The van der Waals surface area contributed by atoms with Gasteiger partial charge in [-0.25, -0.2) is 17.6 Å². The van der Waals surface area contributed by atoms with E-state index in [4.69, 9.17) is 4.74 Å². The van der Waals surface area contributed by atoms with Gasteiger partial charge in [0.1, 0.15) is 16.5 Å². The molecule has 2 aromatic rings. The maximum atomic E-state index is 13.4. The topological polar surface area (TPSA) is 81.7 Å². The molecule has 0 bridgehead atoms. The van der Waals surface area contributed by atoms with E-state index >= 15 is 0 Å². The van der Waals surface area contributed by atoms with Crippen LogP contribution in [0.25, 0.3) is 0 Å². The van der Waals surface area contributed by atoms with Crippen molar-refractivity contribution in [2.75, 3.05) is 18.9 Å². The first-order chi connectivity index (χ1) is 11.3. The van der Waals surface area contributed by atoms with Crippen LogP contribution in [0.15, 0.2) is 41.3 Å². The van der Waals surface area contributed by atoms with Crippen LogP contribution in [0.1, 0.15) is 15.9 Å². The maximum Gasteiger partial charge on any atom is 0.338 e. The molecule has 24 heavy (non-hydrogen) atoms. The number of esters is 1. The SMILES string of the molecule is COC(=O)c1cccc(NS(=O)(=O)c2cc(F)ccc2OC)c1C. The van der Waals surface area contributed by atoms with Gasteiger partial charge >= 0.3 is 5.97 Å². The fourth-order valence-corrected chi connectivity index (χ4v) is 3.44.